The molecule has 2 aromatic heterocycles. The molecule has 3 aromatic rings. The number of nitrogens with one attached hydrogen (secondary N) is 2. The van der Waals surface area contributed by atoms with Crippen molar-refractivity contribution in [2.24, 2.45) is 0 Å². The highest BCUT2D eigenvalue weighted by atomic mass is 35.5. The third-order valence-corrected chi connectivity index (χ3v) is 6.10. The van der Waals surface area contributed by atoms with Crippen molar-refractivity contribution in [1.82, 2.24) is 20.1 Å². The van der Waals surface area contributed by atoms with Crippen molar-refractivity contribution >= 4 is 34.1 Å². The van der Waals surface area contributed by atoms with Crippen LogP contribution in [-0.2, 0) is 12.7 Å². The minimum atomic E-state index is -4.59. The Balaban J connectivity index is 1.47. The van der Waals surface area contributed by atoms with E-state index in [1.165, 1.54) is 43.1 Å². The maximum atomic E-state index is 13.8. The molecule has 2 N–H and O–H groups in total. The summed E-state index contributed by atoms with van der Waals surface area (Å²) >= 11 is 6.09. The summed E-state index contributed by atoms with van der Waals surface area (Å²) < 4.78 is 55.5. The van der Waals surface area contributed by atoms with Gasteiger partial charge in [0, 0.05) is 34.4 Å². The van der Waals surface area contributed by atoms with Gasteiger partial charge in [-0.05, 0) is 63.8 Å². The van der Waals surface area contributed by atoms with Gasteiger partial charge in [-0.25, -0.2) is 9.37 Å². The van der Waals surface area contributed by atoms with Gasteiger partial charge in [0.15, 0.2) is 0 Å². The van der Waals surface area contributed by atoms with Gasteiger partial charge in [-0.2, -0.15) is 18.3 Å². The van der Waals surface area contributed by atoms with E-state index in [1.54, 1.807) is 6.07 Å². The fourth-order valence-corrected chi connectivity index (χ4v) is 4.53. The van der Waals surface area contributed by atoms with Crippen LogP contribution in [-0.4, -0.2) is 38.4 Å². The molecule has 2 heterocycles. The molecule has 1 aromatic carbocycles. The lowest BCUT2D eigenvalue weighted by atomic mass is 9.90. The van der Waals surface area contributed by atoms with Crippen molar-refractivity contribution in [3.05, 3.63) is 52.9 Å². The van der Waals surface area contributed by atoms with Crippen LogP contribution in [0.15, 0.2) is 36.7 Å². The number of rotatable bonds is 6. The summed E-state index contributed by atoms with van der Waals surface area (Å²) in [5, 5.41) is 11.1. The number of carbonyl (C=O) groups is 1. The zero-order valence-electron chi connectivity index (χ0n) is 19.3. The standard InChI is InChI=1S/C24H26ClF4N5O/c1-23(2,26)13-34-12-14(11-30-34)22(35)32-17-5-3-4-16(9-17)31-20-10-21(24(27,28)29)33-19-7-6-15(25)8-18(19)20/h6-8,10-12,16-17H,3-5,9,13H2,1-2H3,(H,31,33)(H,32,35)/t16-,17+/m0/s1. The summed E-state index contributed by atoms with van der Waals surface area (Å²) in [6.45, 7) is 2.89. The maximum Gasteiger partial charge on any atom is 0.433 e. The Hall–Kier alpha value is -2.88. The summed E-state index contributed by atoms with van der Waals surface area (Å²) in [6, 6.07) is 5.23. The number of benzene rings is 1. The topological polar surface area (TPSA) is 71.8 Å². The highest BCUT2D eigenvalue weighted by molar-refractivity contribution is 6.31. The van der Waals surface area contributed by atoms with E-state index in [1.807, 2.05) is 0 Å². The Morgan fingerprint density at radius 3 is 2.63 bits per heavy atom. The highest BCUT2D eigenvalue weighted by Gasteiger charge is 2.34. The van der Waals surface area contributed by atoms with Crippen LogP contribution in [0.3, 0.4) is 0 Å². The first kappa shape index (κ1) is 25.2. The van der Waals surface area contributed by atoms with Crippen molar-refractivity contribution in [2.75, 3.05) is 5.32 Å². The number of nitrogens with zero attached hydrogens (tertiary/aromatic N) is 3. The fourth-order valence-electron chi connectivity index (χ4n) is 4.36. The van der Waals surface area contributed by atoms with Crippen molar-refractivity contribution in [2.45, 2.75) is 70.0 Å². The summed E-state index contributed by atoms with van der Waals surface area (Å²) in [5.41, 5.74) is -1.62. The zero-order valence-corrected chi connectivity index (χ0v) is 20.0. The van der Waals surface area contributed by atoms with Gasteiger partial charge in [0.05, 0.1) is 23.8 Å². The molecule has 0 saturated heterocycles. The van der Waals surface area contributed by atoms with Crippen LogP contribution in [0, 0.1) is 0 Å². The van der Waals surface area contributed by atoms with Gasteiger partial charge in [0.2, 0.25) is 0 Å². The van der Waals surface area contributed by atoms with Crippen LogP contribution in [0.25, 0.3) is 10.9 Å². The monoisotopic (exact) mass is 511 g/mol. The van der Waals surface area contributed by atoms with Crippen molar-refractivity contribution in [1.29, 1.82) is 0 Å². The molecule has 2 atom stereocenters. The average molecular weight is 512 g/mol. The summed E-state index contributed by atoms with van der Waals surface area (Å²) in [6.07, 6.45) is 1.10. The number of amides is 1. The first-order chi connectivity index (χ1) is 16.4. The predicted molar refractivity (Wildman–Crippen MR) is 126 cm³/mol. The van der Waals surface area contributed by atoms with E-state index in [-0.39, 0.29) is 30.1 Å². The molecular weight excluding hydrogens is 486 g/mol. The lowest BCUT2D eigenvalue weighted by molar-refractivity contribution is -0.140. The number of halogens is 5. The first-order valence-corrected chi connectivity index (χ1v) is 11.7. The lowest BCUT2D eigenvalue weighted by Gasteiger charge is -2.31. The Morgan fingerprint density at radius 1 is 1.17 bits per heavy atom. The quantitative estimate of drug-likeness (QED) is 0.398. The Bertz CT molecular complexity index is 1220. The number of alkyl halides is 4. The van der Waals surface area contributed by atoms with Crippen molar-refractivity contribution < 1.29 is 22.4 Å². The largest absolute Gasteiger partial charge is 0.433 e. The van der Waals surface area contributed by atoms with Gasteiger partial charge < -0.3 is 10.6 Å². The van der Waals surface area contributed by atoms with Crippen LogP contribution < -0.4 is 10.6 Å². The molecule has 1 fully saturated rings. The number of hydrogen-bond donors (Lipinski definition) is 2. The van der Waals surface area contributed by atoms with E-state index in [9.17, 15) is 22.4 Å². The maximum absolute atomic E-state index is 13.8. The second-order valence-corrected chi connectivity index (χ2v) is 9.97. The second-order valence-electron chi connectivity index (χ2n) is 9.54. The molecule has 0 unspecified atom stereocenters. The third-order valence-electron chi connectivity index (χ3n) is 5.86. The first-order valence-electron chi connectivity index (χ1n) is 11.3. The highest BCUT2D eigenvalue weighted by Crippen LogP contribution is 2.35. The zero-order chi connectivity index (χ0) is 25.4. The third kappa shape index (κ3) is 6.42. The summed E-state index contributed by atoms with van der Waals surface area (Å²) in [7, 11) is 0. The Labute approximate surface area is 205 Å². The van der Waals surface area contributed by atoms with Crippen molar-refractivity contribution in [3.8, 4) is 0 Å². The van der Waals surface area contributed by atoms with E-state index in [4.69, 9.17) is 11.6 Å². The molecule has 1 aliphatic rings. The van der Waals surface area contributed by atoms with E-state index >= 15 is 0 Å². The molecule has 1 saturated carbocycles. The van der Waals surface area contributed by atoms with Gasteiger partial charge in [0.1, 0.15) is 11.4 Å². The molecule has 1 aliphatic carbocycles. The lowest BCUT2D eigenvalue weighted by Crippen LogP contribution is -2.41. The molecule has 1 amide bonds. The Morgan fingerprint density at radius 2 is 1.91 bits per heavy atom. The second kappa shape index (κ2) is 9.64. The molecule has 6 nitrogen and oxygen atoms in total. The van der Waals surface area contributed by atoms with Gasteiger partial charge in [0.25, 0.3) is 5.91 Å². The summed E-state index contributed by atoms with van der Waals surface area (Å²) in [5.74, 6) is -0.320. The molecule has 0 spiro atoms. The SMILES string of the molecule is CC(C)(F)Cn1cc(C(=O)N[C@@H]2CCC[C@H](Nc3cc(C(F)(F)F)nc4ccc(Cl)cc34)C2)cn1. The van der Waals surface area contributed by atoms with Gasteiger partial charge in [-0.1, -0.05) is 11.6 Å². The summed E-state index contributed by atoms with van der Waals surface area (Å²) in [4.78, 5) is 16.4. The number of anilines is 1. The number of aromatic nitrogens is 3. The average Bonchev–Trinajstić information content (AvgIpc) is 3.20. The number of pyridine rings is 1. The normalized spacial score (nSPS) is 19.1. The van der Waals surface area contributed by atoms with Crippen LogP contribution >= 0.6 is 11.6 Å². The van der Waals surface area contributed by atoms with Crippen LogP contribution in [0.1, 0.15) is 55.6 Å². The smallest absolute Gasteiger partial charge is 0.382 e. The van der Waals surface area contributed by atoms with Gasteiger partial charge >= 0.3 is 6.18 Å². The minimum absolute atomic E-state index is 0.0273. The number of hydrogen-bond acceptors (Lipinski definition) is 4. The van der Waals surface area contributed by atoms with Crippen LogP contribution in [0.5, 0.6) is 0 Å². The molecule has 0 aliphatic heterocycles. The van der Waals surface area contributed by atoms with E-state index < -0.39 is 17.5 Å². The van der Waals surface area contributed by atoms with E-state index in [0.717, 1.165) is 25.3 Å². The van der Waals surface area contributed by atoms with Crippen molar-refractivity contribution in [3.63, 3.8) is 0 Å². The van der Waals surface area contributed by atoms with Gasteiger partial charge in [-0.3, -0.25) is 9.48 Å². The predicted octanol–water partition coefficient (Wildman–Crippen LogP) is 6.00. The molecule has 35 heavy (non-hydrogen) atoms. The fraction of sp³-hybridized carbons (Fsp3) is 0.458. The Kier molecular flexibility index (Phi) is 6.95. The van der Waals surface area contributed by atoms with Crippen LogP contribution in [0.2, 0.25) is 5.02 Å². The molecule has 11 heteroatoms. The van der Waals surface area contributed by atoms with Gasteiger partial charge in [-0.15, -0.1) is 0 Å². The van der Waals surface area contributed by atoms with Crippen LogP contribution in [0.4, 0.5) is 23.2 Å². The number of carbonyl (C=O) groups excluding carboxylic acids is 1. The molecule has 4 rings (SSSR count). The number of fused-ring (bicyclic) bond motifs is 1. The molecular formula is C24H26ClF4N5O. The molecule has 0 radical (unpaired) electrons. The van der Waals surface area contributed by atoms with E-state index in [2.05, 4.69) is 20.7 Å². The molecule has 188 valence electrons. The van der Waals surface area contributed by atoms with E-state index in [0.29, 0.717) is 28.1 Å². The minimum Gasteiger partial charge on any atom is -0.382 e. The molecule has 0 bridgehead atoms.